The molecule has 2 aromatic rings. The number of hydrogen-bond acceptors (Lipinski definition) is 5. The molecule has 0 saturated heterocycles. The first kappa shape index (κ1) is 14.5. The van der Waals surface area contributed by atoms with Gasteiger partial charge in [-0.2, -0.15) is 0 Å². The van der Waals surface area contributed by atoms with Crippen LogP contribution in [-0.2, 0) is 12.0 Å². The third kappa shape index (κ3) is 3.54. The fraction of sp³-hybridized carbons (Fsp3) is 0.357. The zero-order chi connectivity index (χ0) is 14.8. The predicted octanol–water partition coefficient (Wildman–Crippen LogP) is 3.11. The Morgan fingerprint density at radius 2 is 2.15 bits per heavy atom. The molecule has 0 atom stereocenters. The summed E-state index contributed by atoms with van der Waals surface area (Å²) in [5.74, 6) is -0.593. The molecule has 0 radical (unpaired) electrons. The topological polar surface area (TPSA) is 72.3 Å². The van der Waals surface area contributed by atoms with Gasteiger partial charge in [0, 0.05) is 17.0 Å². The van der Waals surface area contributed by atoms with E-state index in [4.69, 9.17) is 9.84 Å². The van der Waals surface area contributed by atoms with E-state index < -0.39 is 5.97 Å². The van der Waals surface area contributed by atoms with Crippen LogP contribution in [0.15, 0.2) is 23.8 Å². The second kappa shape index (κ2) is 5.58. The SMILES string of the molecule is CC(C)(C)c1csc(COc2cncc(C(=O)O)c2)n1. The highest BCUT2D eigenvalue weighted by molar-refractivity contribution is 7.09. The van der Waals surface area contributed by atoms with Crippen molar-refractivity contribution in [3.63, 3.8) is 0 Å². The van der Waals surface area contributed by atoms with E-state index in [1.54, 1.807) is 0 Å². The lowest BCUT2D eigenvalue weighted by molar-refractivity contribution is 0.0696. The first-order valence-corrected chi connectivity index (χ1v) is 7.00. The summed E-state index contributed by atoms with van der Waals surface area (Å²) in [5, 5.41) is 11.8. The quantitative estimate of drug-likeness (QED) is 0.937. The molecule has 2 aromatic heterocycles. The molecule has 6 heteroatoms. The molecule has 106 valence electrons. The van der Waals surface area contributed by atoms with Crippen LogP contribution >= 0.6 is 11.3 Å². The Hall–Kier alpha value is -1.95. The summed E-state index contributed by atoms with van der Waals surface area (Å²) in [6.45, 7) is 6.62. The summed E-state index contributed by atoms with van der Waals surface area (Å²) in [6.07, 6.45) is 2.78. The molecular formula is C14H16N2O3S. The molecule has 0 aliphatic rings. The molecule has 1 N–H and O–H groups in total. The number of nitrogens with zero attached hydrogens (tertiary/aromatic N) is 2. The Balaban J connectivity index is 2.04. The highest BCUT2D eigenvalue weighted by Gasteiger charge is 2.17. The number of aromatic nitrogens is 2. The number of rotatable bonds is 4. The minimum absolute atomic E-state index is 0.0134. The number of carbonyl (C=O) groups is 1. The molecule has 0 bridgehead atoms. The second-order valence-corrected chi connectivity index (χ2v) is 6.32. The van der Waals surface area contributed by atoms with Crippen molar-refractivity contribution >= 4 is 17.3 Å². The van der Waals surface area contributed by atoms with Crippen LogP contribution in [0.5, 0.6) is 5.75 Å². The number of hydrogen-bond donors (Lipinski definition) is 1. The third-order valence-corrected chi connectivity index (χ3v) is 3.46. The van der Waals surface area contributed by atoms with Crippen molar-refractivity contribution in [2.24, 2.45) is 0 Å². The van der Waals surface area contributed by atoms with Crippen LogP contribution in [0.2, 0.25) is 0 Å². The molecule has 0 amide bonds. The van der Waals surface area contributed by atoms with Crippen molar-refractivity contribution in [2.75, 3.05) is 0 Å². The van der Waals surface area contributed by atoms with E-state index >= 15 is 0 Å². The zero-order valence-corrected chi connectivity index (χ0v) is 12.4. The second-order valence-electron chi connectivity index (χ2n) is 5.38. The van der Waals surface area contributed by atoms with Crippen LogP contribution in [0.3, 0.4) is 0 Å². The minimum Gasteiger partial charge on any atom is -0.485 e. The summed E-state index contributed by atoms with van der Waals surface area (Å²) < 4.78 is 5.53. The number of carboxylic acid groups (broad SMARTS) is 1. The van der Waals surface area contributed by atoms with Crippen molar-refractivity contribution in [3.05, 3.63) is 40.1 Å². The van der Waals surface area contributed by atoms with Crippen molar-refractivity contribution in [2.45, 2.75) is 32.8 Å². The smallest absolute Gasteiger partial charge is 0.337 e. The Morgan fingerprint density at radius 1 is 1.40 bits per heavy atom. The van der Waals surface area contributed by atoms with Gasteiger partial charge in [-0.25, -0.2) is 9.78 Å². The van der Waals surface area contributed by atoms with E-state index in [0.29, 0.717) is 12.4 Å². The Bertz CT molecular complexity index is 617. The van der Waals surface area contributed by atoms with Crippen LogP contribution in [0, 0.1) is 0 Å². The van der Waals surface area contributed by atoms with Crippen molar-refractivity contribution < 1.29 is 14.6 Å². The van der Waals surface area contributed by atoms with Crippen LogP contribution in [-0.4, -0.2) is 21.0 Å². The molecular weight excluding hydrogens is 276 g/mol. The molecule has 0 aliphatic heterocycles. The largest absolute Gasteiger partial charge is 0.485 e. The summed E-state index contributed by atoms with van der Waals surface area (Å²) in [6, 6.07) is 1.45. The molecule has 0 aromatic carbocycles. The standard InChI is InChI=1S/C14H16N2O3S/c1-14(2,3)11-8-20-12(16-11)7-19-10-4-9(13(17)18)5-15-6-10/h4-6,8H,7H2,1-3H3,(H,17,18). The van der Waals surface area contributed by atoms with E-state index in [2.05, 4.69) is 30.7 Å². The molecule has 20 heavy (non-hydrogen) atoms. The van der Waals surface area contributed by atoms with Crippen LogP contribution in [0.4, 0.5) is 0 Å². The van der Waals surface area contributed by atoms with Gasteiger partial charge in [-0.1, -0.05) is 20.8 Å². The highest BCUT2D eigenvalue weighted by Crippen LogP contribution is 2.24. The van der Waals surface area contributed by atoms with Crippen molar-refractivity contribution in [1.29, 1.82) is 0 Å². The maximum atomic E-state index is 10.8. The molecule has 0 saturated carbocycles. The lowest BCUT2D eigenvalue weighted by Gasteiger charge is -2.14. The van der Waals surface area contributed by atoms with Gasteiger partial charge in [-0.15, -0.1) is 11.3 Å². The molecule has 0 aliphatic carbocycles. The van der Waals surface area contributed by atoms with Gasteiger partial charge >= 0.3 is 5.97 Å². The van der Waals surface area contributed by atoms with E-state index in [1.165, 1.54) is 29.8 Å². The Labute approximate surface area is 121 Å². The fourth-order valence-corrected chi connectivity index (χ4v) is 2.41. The summed E-state index contributed by atoms with van der Waals surface area (Å²) in [7, 11) is 0. The third-order valence-electron chi connectivity index (χ3n) is 2.64. The summed E-state index contributed by atoms with van der Waals surface area (Å²) in [5.41, 5.74) is 1.15. The first-order chi connectivity index (χ1) is 9.36. The average molecular weight is 292 g/mol. The minimum atomic E-state index is -1.02. The normalized spacial score (nSPS) is 11.3. The zero-order valence-electron chi connectivity index (χ0n) is 11.6. The Kier molecular flexibility index (Phi) is 4.04. The van der Waals surface area contributed by atoms with Gasteiger partial charge in [-0.3, -0.25) is 4.98 Å². The molecule has 2 heterocycles. The van der Waals surface area contributed by atoms with Gasteiger partial charge in [-0.05, 0) is 6.07 Å². The van der Waals surface area contributed by atoms with E-state index in [1.807, 2.05) is 5.38 Å². The average Bonchev–Trinajstić information content (AvgIpc) is 2.85. The van der Waals surface area contributed by atoms with E-state index in [9.17, 15) is 4.79 Å². The van der Waals surface area contributed by atoms with Gasteiger partial charge in [0.15, 0.2) is 0 Å². The highest BCUT2D eigenvalue weighted by atomic mass is 32.1. The van der Waals surface area contributed by atoms with E-state index in [0.717, 1.165) is 10.7 Å². The lowest BCUT2D eigenvalue weighted by atomic mass is 9.93. The monoisotopic (exact) mass is 292 g/mol. The molecule has 0 fully saturated rings. The molecule has 5 nitrogen and oxygen atoms in total. The lowest BCUT2D eigenvalue weighted by Crippen LogP contribution is -2.11. The van der Waals surface area contributed by atoms with Gasteiger partial charge in [0.25, 0.3) is 0 Å². The van der Waals surface area contributed by atoms with Crippen LogP contribution < -0.4 is 4.74 Å². The summed E-state index contributed by atoms with van der Waals surface area (Å²) >= 11 is 1.53. The molecule has 0 spiro atoms. The maximum absolute atomic E-state index is 10.8. The first-order valence-electron chi connectivity index (χ1n) is 6.12. The number of aromatic carboxylic acids is 1. The van der Waals surface area contributed by atoms with Gasteiger partial charge < -0.3 is 9.84 Å². The van der Waals surface area contributed by atoms with Gasteiger partial charge in [0.05, 0.1) is 17.5 Å². The van der Waals surface area contributed by atoms with Crippen LogP contribution in [0.25, 0.3) is 0 Å². The van der Waals surface area contributed by atoms with Crippen molar-refractivity contribution in [1.82, 2.24) is 9.97 Å². The van der Waals surface area contributed by atoms with Crippen molar-refractivity contribution in [3.8, 4) is 5.75 Å². The number of pyridine rings is 1. The number of carboxylic acids is 1. The summed E-state index contributed by atoms with van der Waals surface area (Å²) in [4.78, 5) is 19.2. The maximum Gasteiger partial charge on any atom is 0.337 e. The molecule has 2 rings (SSSR count). The number of ether oxygens (including phenoxy) is 1. The van der Waals surface area contributed by atoms with E-state index in [-0.39, 0.29) is 11.0 Å². The van der Waals surface area contributed by atoms with Crippen LogP contribution in [0.1, 0.15) is 41.8 Å². The molecule has 0 unspecified atom stereocenters. The Morgan fingerprint density at radius 3 is 2.75 bits per heavy atom. The predicted molar refractivity (Wildman–Crippen MR) is 76.3 cm³/mol. The van der Waals surface area contributed by atoms with Gasteiger partial charge in [0.2, 0.25) is 0 Å². The fourth-order valence-electron chi connectivity index (χ4n) is 1.48. The number of thiazole rings is 1. The van der Waals surface area contributed by atoms with Gasteiger partial charge in [0.1, 0.15) is 17.4 Å².